The highest BCUT2D eigenvalue weighted by Crippen LogP contribution is 2.29. The zero-order valence-corrected chi connectivity index (χ0v) is 14.2. The van der Waals surface area contributed by atoms with E-state index in [0.29, 0.717) is 12.1 Å². The van der Waals surface area contributed by atoms with Gasteiger partial charge < -0.3 is 10.6 Å². The Labute approximate surface area is 139 Å². The third-order valence-electron chi connectivity index (χ3n) is 5.05. The quantitative estimate of drug-likeness (QED) is 0.877. The molecule has 23 heavy (non-hydrogen) atoms. The Morgan fingerprint density at radius 3 is 2.65 bits per heavy atom. The van der Waals surface area contributed by atoms with Crippen LogP contribution in [0.25, 0.3) is 0 Å². The number of nitrogens with two attached hydrogens (primary N) is 1. The van der Waals surface area contributed by atoms with Gasteiger partial charge >= 0.3 is 0 Å². The number of hydrogen-bond acceptors (Lipinski definition) is 3. The van der Waals surface area contributed by atoms with Gasteiger partial charge in [0.25, 0.3) is 0 Å². The molecule has 1 aliphatic heterocycles. The van der Waals surface area contributed by atoms with Gasteiger partial charge in [-0.15, -0.1) is 0 Å². The third kappa shape index (κ3) is 4.33. The molecule has 2 aliphatic rings. The van der Waals surface area contributed by atoms with Crippen molar-refractivity contribution in [2.45, 2.75) is 63.7 Å². The maximum absolute atomic E-state index is 12.4. The lowest BCUT2D eigenvalue weighted by Gasteiger charge is -2.39. The van der Waals surface area contributed by atoms with Gasteiger partial charge in [-0.1, -0.05) is 36.8 Å². The van der Waals surface area contributed by atoms with E-state index in [1.165, 1.54) is 24.8 Å². The fraction of sp³-hybridized carbons (Fsp3) is 0.632. The number of piperidine rings is 1. The summed E-state index contributed by atoms with van der Waals surface area (Å²) in [6.45, 7) is 4.76. The number of hydrogen-bond donors (Lipinski definition) is 1. The lowest BCUT2D eigenvalue weighted by atomic mass is 10.00. The van der Waals surface area contributed by atoms with E-state index in [1.54, 1.807) is 6.92 Å². The van der Waals surface area contributed by atoms with Crippen molar-refractivity contribution in [3.8, 4) is 0 Å². The van der Waals surface area contributed by atoms with Crippen LogP contribution in [-0.2, 0) is 11.3 Å². The minimum absolute atomic E-state index is 0.123. The zero-order valence-electron chi connectivity index (χ0n) is 14.2. The molecule has 2 fully saturated rings. The molecule has 2 unspecified atom stereocenters. The minimum Gasteiger partial charge on any atom is -0.337 e. The number of benzene rings is 1. The van der Waals surface area contributed by atoms with E-state index in [2.05, 4.69) is 40.1 Å². The monoisotopic (exact) mass is 315 g/mol. The Hall–Kier alpha value is -1.39. The Morgan fingerprint density at radius 1 is 1.26 bits per heavy atom. The highest BCUT2D eigenvalue weighted by atomic mass is 16.2. The van der Waals surface area contributed by atoms with Crippen LogP contribution in [0.5, 0.6) is 0 Å². The minimum atomic E-state index is -0.387. The molecule has 0 aromatic heterocycles. The van der Waals surface area contributed by atoms with E-state index < -0.39 is 0 Å². The summed E-state index contributed by atoms with van der Waals surface area (Å²) in [5, 5.41) is 0. The summed E-state index contributed by atoms with van der Waals surface area (Å²) in [6, 6.07) is 11.2. The Bertz CT molecular complexity index is 513. The molecule has 1 aliphatic carbocycles. The van der Waals surface area contributed by atoms with E-state index in [4.69, 9.17) is 5.73 Å². The van der Waals surface area contributed by atoms with Gasteiger partial charge in [-0.2, -0.15) is 0 Å². The van der Waals surface area contributed by atoms with Gasteiger partial charge in [0.1, 0.15) is 0 Å². The smallest absolute Gasteiger partial charge is 0.239 e. The number of nitrogens with zero attached hydrogens (tertiary/aromatic N) is 2. The van der Waals surface area contributed by atoms with Crippen molar-refractivity contribution in [3.63, 3.8) is 0 Å². The van der Waals surface area contributed by atoms with Crippen molar-refractivity contribution in [1.82, 2.24) is 9.80 Å². The van der Waals surface area contributed by atoms with Crippen LogP contribution in [-0.4, -0.2) is 46.9 Å². The van der Waals surface area contributed by atoms with Gasteiger partial charge in [-0.25, -0.2) is 0 Å². The molecule has 1 saturated heterocycles. The predicted octanol–water partition coefficient (Wildman–Crippen LogP) is 2.38. The van der Waals surface area contributed by atoms with E-state index in [-0.39, 0.29) is 11.9 Å². The van der Waals surface area contributed by atoms with Crippen molar-refractivity contribution in [1.29, 1.82) is 0 Å². The van der Waals surface area contributed by atoms with Crippen LogP contribution in [0.1, 0.15) is 44.6 Å². The normalized spacial score (nSPS) is 23.5. The van der Waals surface area contributed by atoms with Crippen molar-refractivity contribution in [2.24, 2.45) is 5.73 Å². The molecule has 3 rings (SSSR count). The van der Waals surface area contributed by atoms with Crippen LogP contribution in [0, 0.1) is 0 Å². The van der Waals surface area contributed by atoms with Crippen LogP contribution in [0.3, 0.4) is 0 Å². The Kier molecular flexibility index (Phi) is 5.34. The summed E-state index contributed by atoms with van der Waals surface area (Å²) < 4.78 is 0. The first-order valence-corrected chi connectivity index (χ1v) is 8.99. The second-order valence-corrected chi connectivity index (χ2v) is 7.12. The van der Waals surface area contributed by atoms with Crippen LogP contribution >= 0.6 is 0 Å². The largest absolute Gasteiger partial charge is 0.337 e. The summed E-state index contributed by atoms with van der Waals surface area (Å²) in [7, 11) is 0. The molecule has 126 valence electrons. The molecule has 1 aromatic carbocycles. The second kappa shape index (κ2) is 7.45. The molecule has 4 heteroatoms. The summed E-state index contributed by atoms with van der Waals surface area (Å²) >= 11 is 0. The first-order chi connectivity index (χ1) is 11.1. The molecule has 1 aromatic rings. The summed E-state index contributed by atoms with van der Waals surface area (Å²) in [5.74, 6) is 0.123. The number of amides is 1. The van der Waals surface area contributed by atoms with Crippen molar-refractivity contribution < 1.29 is 4.79 Å². The van der Waals surface area contributed by atoms with Gasteiger partial charge in [0.05, 0.1) is 6.04 Å². The molecule has 0 bridgehead atoms. The summed E-state index contributed by atoms with van der Waals surface area (Å²) in [6.07, 6.45) is 5.99. The molecular formula is C19H29N3O. The topological polar surface area (TPSA) is 49.6 Å². The molecule has 1 heterocycles. The fourth-order valence-corrected chi connectivity index (χ4v) is 3.59. The average Bonchev–Trinajstić information content (AvgIpc) is 3.39. The molecule has 1 saturated carbocycles. The van der Waals surface area contributed by atoms with Crippen LogP contribution < -0.4 is 5.73 Å². The van der Waals surface area contributed by atoms with E-state index >= 15 is 0 Å². The summed E-state index contributed by atoms with van der Waals surface area (Å²) in [5.41, 5.74) is 7.22. The van der Waals surface area contributed by atoms with E-state index in [1.807, 2.05) is 0 Å². The maximum atomic E-state index is 12.4. The average molecular weight is 315 g/mol. The SMILES string of the molecule is CC(N)C(=O)N(CC1CCCCN1Cc1ccccc1)C1CC1. The maximum Gasteiger partial charge on any atom is 0.239 e. The standard InChI is InChI=1S/C19H29N3O/c1-15(20)19(23)22(17-10-11-17)14-18-9-5-6-12-21(18)13-16-7-3-2-4-8-16/h2-4,7-8,15,17-18H,5-6,9-14,20H2,1H3. The van der Waals surface area contributed by atoms with E-state index in [0.717, 1.165) is 32.5 Å². The van der Waals surface area contributed by atoms with Gasteiger partial charge in [0.2, 0.25) is 5.91 Å². The van der Waals surface area contributed by atoms with Crippen LogP contribution in [0.4, 0.5) is 0 Å². The predicted molar refractivity (Wildman–Crippen MR) is 92.9 cm³/mol. The fourth-order valence-electron chi connectivity index (χ4n) is 3.59. The van der Waals surface area contributed by atoms with Crippen LogP contribution in [0.15, 0.2) is 30.3 Å². The van der Waals surface area contributed by atoms with Crippen molar-refractivity contribution >= 4 is 5.91 Å². The van der Waals surface area contributed by atoms with Gasteiger partial charge in [0.15, 0.2) is 0 Å². The molecule has 2 N–H and O–H groups in total. The second-order valence-electron chi connectivity index (χ2n) is 7.12. The molecular weight excluding hydrogens is 286 g/mol. The number of carbonyl (C=O) groups is 1. The molecule has 4 nitrogen and oxygen atoms in total. The third-order valence-corrected chi connectivity index (χ3v) is 5.05. The number of likely N-dealkylation sites (tertiary alicyclic amines) is 1. The van der Waals surface area contributed by atoms with E-state index in [9.17, 15) is 4.79 Å². The Balaban J connectivity index is 1.66. The van der Waals surface area contributed by atoms with Crippen molar-refractivity contribution in [2.75, 3.05) is 13.1 Å². The lowest BCUT2D eigenvalue weighted by Crippen LogP contribution is -2.51. The van der Waals surface area contributed by atoms with Crippen molar-refractivity contribution in [3.05, 3.63) is 35.9 Å². The molecule has 2 atom stereocenters. The number of carbonyl (C=O) groups excluding carboxylic acids is 1. The van der Waals surface area contributed by atoms with Gasteiger partial charge in [0, 0.05) is 25.2 Å². The Morgan fingerprint density at radius 2 is 2.00 bits per heavy atom. The van der Waals surface area contributed by atoms with Gasteiger partial charge in [-0.3, -0.25) is 9.69 Å². The van der Waals surface area contributed by atoms with Crippen LogP contribution in [0.2, 0.25) is 0 Å². The zero-order chi connectivity index (χ0) is 16.2. The summed E-state index contributed by atoms with van der Waals surface area (Å²) in [4.78, 5) is 17.1. The molecule has 1 amide bonds. The van der Waals surface area contributed by atoms with Gasteiger partial charge in [-0.05, 0) is 44.7 Å². The first-order valence-electron chi connectivity index (χ1n) is 8.99. The molecule has 0 spiro atoms. The molecule has 0 radical (unpaired) electrons. The lowest BCUT2D eigenvalue weighted by molar-refractivity contribution is -0.134. The highest BCUT2D eigenvalue weighted by molar-refractivity contribution is 5.81. The highest BCUT2D eigenvalue weighted by Gasteiger charge is 2.36. The first kappa shape index (κ1) is 16.5. The number of rotatable bonds is 6.